The second-order valence-electron chi connectivity index (χ2n) is 6.18. The van der Waals surface area contributed by atoms with E-state index in [1.54, 1.807) is 17.4 Å². The number of carbonyl (C=O) groups excluding carboxylic acids is 1. The third kappa shape index (κ3) is 3.27. The second-order valence-corrected chi connectivity index (χ2v) is 7.30. The topological polar surface area (TPSA) is 55.3 Å². The van der Waals surface area contributed by atoms with Crippen molar-refractivity contribution in [1.82, 2.24) is 14.9 Å². The molecule has 2 aromatic heterocycles. The maximum absolute atomic E-state index is 11.8. The van der Waals surface area contributed by atoms with Gasteiger partial charge < -0.3 is 4.74 Å². The van der Waals surface area contributed by atoms with Gasteiger partial charge in [0.15, 0.2) is 0 Å². The highest BCUT2D eigenvalue weighted by Gasteiger charge is 2.16. The van der Waals surface area contributed by atoms with Crippen LogP contribution in [0, 0.1) is 0 Å². The summed E-state index contributed by atoms with van der Waals surface area (Å²) in [5, 5.41) is 1.93. The minimum Gasteiger partial charge on any atom is -0.464 e. The quantitative estimate of drug-likeness (QED) is 0.669. The van der Waals surface area contributed by atoms with Gasteiger partial charge in [-0.1, -0.05) is 18.2 Å². The summed E-state index contributed by atoms with van der Waals surface area (Å²) in [5.41, 5.74) is 2.06. The molecular weight excluding hydrogens is 334 g/mol. The fourth-order valence-electron chi connectivity index (χ4n) is 3.20. The maximum Gasteiger partial charge on any atom is 0.356 e. The van der Waals surface area contributed by atoms with E-state index in [2.05, 4.69) is 14.9 Å². The number of esters is 1. The van der Waals surface area contributed by atoms with Gasteiger partial charge in [0.1, 0.15) is 10.7 Å². The molecule has 0 atom stereocenters. The number of aromatic nitrogens is 2. The van der Waals surface area contributed by atoms with E-state index in [0.717, 1.165) is 28.0 Å². The summed E-state index contributed by atoms with van der Waals surface area (Å²) in [5.74, 6) is -0.425. The molecule has 0 spiro atoms. The van der Waals surface area contributed by atoms with Gasteiger partial charge in [-0.25, -0.2) is 14.8 Å². The van der Waals surface area contributed by atoms with E-state index in [-0.39, 0.29) is 0 Å². The lowest BCUT2D eigenvalue weighted by Crippen LogP contribution is -2.17. The number of fused-ring (bicyclic) bond motifs is 1. The molecule has 128 valence electrons. The highest BCUT2D eigenvalue weighted by Crippen LogP contribution is 2.31. The van der Waals surface area contributed by atoms with Gasteiger partial charge in [-0.3, -0.25) is 4.90 Å². The Kier molecular flexibility index (Phi) is 4.46. The highest BCUT2D eigenvalue weighted by atomic mass is 32.1. The minimum atomic E-state index is -0.425. The lowest BCUT2D eigenvalue weighted by atomic mass is 10.1. The molecule has 4 rings (SSSR count). The number of carbonyl (C=O) groups is 1. The first kappa shape index (κ1) is 16.2. The molecule has 0 amide bonds. The zero-order valence-corrected chi connectivity index (χ0v) is 14.9. The number of nitrogens with zero attached hydrogens (tertiary/aromatic N) is 3. The Balaban J connectivity index is 1.70. The molecule has 1 aromatic carbocycles. The van der Waals surface area contributed by atoms with E-state index in [0.29, 0.717) is 5.69 Å². The molecule has 1 aliphatic rings. The first-order valence-corrected chi connectivity index (χ1v) is 9.22. The number of ether oxygens (including phenoxy) is 1. The molecule has 3 aromatic rings. The minimum absolute atomic E-state index is 0.316. The van der Waals surface area contributed by atoms with Crippen LogP contribution in [0.4, 0.5) is 0 Å². The number of benzene rings is 1. The SMILES string of the molecule is COC(=O)c1ccc2cccc(-c3ncc(CN4CCCC4)s3)c2n1. The summed E-state index contributed by atoms with van der Waals surface area (Å²) in [6.07, 6.45) is 4.53. The number of likely N-dealkylation sites (tertiary alicyclic amines) is 1. The molecule has 0 saturated carbocycles. The zero-order valence-electron chi connectivity index (χ0n) is 14.1. The van der Waals surface area contributed by atoms with Crippen LogP contribution < -0.4 is 0 Å². The van der Waals surface area contributed by atoms with E-state index in [9.17, 15) is 4.79 Å². The van der Waals surface area contributed by atoms with Crippen molar-refractivity contribution in [3.63, 3.8) is 0 Å². The van der Waals surface area contributed by atoms with Crippen LogP contribution in [0.3, 0.4) is 0 Å². The van der Waals surface area contributed by atoms with Gasteiger partial charge in [-0.2, -0.15) is 0 Å². The molecule has 25 heavy (non-hydrogen) atoms. The predicted molar refractivity (Wildman–Crippen MR) is 98.7 cm³/mol. The third-order valence-electron chi connectivity index (χ3n) is 4.48. The third-order valence-corrected chi connectivity index (χ3v) is 5.49. The summed E-state index contributed by atoms with van der Waals surface area (Å²) in [4.78, 5) is 24.7. The maximum atomic E-state index is 11.8. The molecular formula is C19H19N3O2S. The van der Waals surface area contributed by atoms with Gasteiger partial charge in [0, 0.05) is 28.6 Å². The van der Waals surface area contributed by atoms with Gasteiger partial charge in [-0.15, -0.1) is 11.3 Å². The molecule has 5 nitrogen and oxygen atoms in total. The zero-order chi connectivity index (χ0) is 17.2. The van der Waals surface area contributed by atoms with Gasteiger partial charge in [0.25, 0.3) is 0 Å². The summed E-state index contributed by atoms with van der Waals surface area (Å²) < 4.78 is 4.79. The first-order chi connectivity index (χ1) is 12.2. The Labute approximate surface area is 150 Å². The molecule has 1 saturated heterocycles. The Morgan fingerprint density at radius 2 is 2.08 bits per heavy atom. The van der Waals surface area contributed by atoms with Crippen LogP contribution in [0.5, 0.6) is 0 Å². The molecule has 0 unspecified atom stereocenters. The van der Waals surface area contributed by atoms with E-state index in [1.807, 2.05) is 30.5 Å². The second kappa shape index (κ2) is 6.90. The van der Waals surface area contributed by atoms with Gasteiger partial charge >= 0.3 is 5.97 Å². The largest absolute Gasteiger partial charge is 0.464 e. The normalized spacial score (nSPS) is 14.9. The van der Waals surface area contributed by atoms with E-state index in [1.165, 1.54) is 37.9 Å². The Morgan fingerprint density at radius 1 is 1.24 bits per heavy atom. The molecule has 1 aliphatic heterocycles. The number of thiazole rings is 1. The molecule has 6 heteroatoms. The van der Waals surface area contributed by atoms with E-state index in [4.69, 9.17) is 4.74 Å². The smallest absolute Gasteiger partial charge is 0.356 e. The standard InChI is InChI=1S/C19H19N3O2S/c1-24-19(23)16-8-7-13-5-4-6-15(17(13)21-16)18-20-11-14(25-18)12-22-9-2-3-10-22/h4-8,11H,2-3,9-10,12H2,1H3. The van der Waals surface area contributed by atoms with Crippen LogP contribution in [0.15, 0.2) is 36.5 Å². The lowest BCUT2D eigenvalue weighted by molar-refractivity contribution is 0.0594. The average Bonchev–Trinajstić information content (AvgIpc) is 3.32. The number of methoxy groups -OCH3 is 1. The Morgan fingerprint density at radius 3 is 2.88 bits per heavy atom. The van der Waals surface area contributed by atoms with Crippen molar-refractivity contribution in [2.24, 2.45) is 0 Å². The van der Waals surface area contributed by atoms with Gasteiger partial charge in [-0.05, 0) is 38.1 Å². The number of pyridine rings is 1. The number of hydrogen-bond donors (Lipinski definition) is 0. The van der Waals surface area contributed by atoms with Crippen LogP contribution in [-0.4, -0.2) is 41.0 Å². The van der Waals surface area contributed by atoms with Crippen LogP contribution >= 0.6 is 11.3 Å². The van der Waals surface area contributed by atoms with E-state index < -0.39 is 5.97 Å². The molecule has 0 aliphatic carbocycles. The predicted octanol–water partition coefficient (Wildman–Crippen LogP) is 3.74. The Bertz CT molecular complexity index is 916. The fourth-order valence-corrected chi connectivity index (χ4v) is 4.19. The van der Waals surface area contributed by atoms with Crippen LogP contribution in [0.25, 0.3) is 21.5 Å². The Hall–Kier alpha value is -2.31. The summed E-state index contributed by atoms with van der Waals surface area (Å²) >= 11 is 1.70. The molecule has 0 bridgehead atoms. The fraction of sp³-hybridized carbons (Fsp3) is 0.316. The van der Waals surface area contributed by atoms with Gasteiger partial charge in [0.05, 0.1) is 12.6 Å². The average molecular weight is 353 g/mol. The first-order valence-electron chi connectivity index (χ1n) is 8.40. The molecule has 0 radical (unpaired) electrons. The van der Waals surface area contributed by atoms with Crippen molar-refractivity contribution in [2.45, 2.75) is 19.4 Å². The van der Waals surface area contributed by atoms with Crippen LogP contribution in [-0.2, 0) is 11.3 Å². The molecule has 0 N–H and O–H groups in total. The van der Waals surface area contributed by atoms with Gasteiger partial charge in [0.2, 0.25) is 0 Å². The van der Waals surface area contributed by atoms with Crippen molar-refractivity contribution in [3.05, 3.63) is 47.1 Å². The highest BCUT2D eigenvalue weighted by molar-refractivity contribution is 7.15. The molecule has 1 fully saturated rings. The number of rotatable bonds is 4. The van der Waals surface area contributed by atoms with Crippen molar-refractivity contribution in [2.75, 3.05) is 20.2 Å². The summed E-state index contributed by atoms with van der Waals surface area (Å²) in [6, 6.07) is 9.59. The number of para-hydroxylation sites is 1. The number of hydrogen-bond acceptors (Lipinski definition) is 6. The summed E-state index contributed by atoms with van der Waals surface area (Å²) in [7, 11) is 1.37. The van der Waals surface area contributed by atoms with Crippen LogP contribution in [0.2, 0.25) is 0 Å². The van der Waals surface area contributed by atoms with Crippen molar-refractivity contribution in [3.8, 4) is 10.6 Å². The van der Waals surface area contributed by atoms with Crippen LogP contribution in [0.1, 0.15) is 28.2 Å². The van der Waals surface area contributed by atoms with Crippen molar-refractivity contribution >= 4 is 28.2 Å². The molecule has 3 heterocycles. The van der Waals surface area contributed by atoms with E-state index >= 15 is 0 Å². The lowest BCUT2D eigenvalue weighted by Gasteiger charge is -2.11. The monoisotopic (exact) mass is 353 g/mol. The van der Waals surface area contributed by atoms with Crippen molar-refractivity contribution < 1.29 is 9.53 Å². The summed E-state index contributed by atoms with van der Waals surface area (Å²) in [6.45, 7) is 3.31. The van der Waals surface area contributed by atoms with Crippen molar-refractivity contribution in [1.29, 1.82) is 0 Å².